The highest BCUT2D eigenvalue weighted by Crippen LogP contribution is 2.90. The number of benzene rings is 1. The molecule has 2 rings (SSSR count). The van der Waals surface area contributed by atoms with Crippen molar-refractivity contribution >= 4 is 46.0 Å². The van der Waals surface area contributed by atoms with Gasteiger partial charge in [0.05, 0.1) is 23.3 Å². The summed E-state index contributed by atoms with van der Waals surface area (Å²) in [6.45, 7) is 32.5. The smallest absolute Gasteiger partial charge is 0.466 e. The van der Waals surface area contributed by atoms with Crippen LogP contribution in [0.4, 0.5) is 9.59 Å². The number of hydrazine groups is 1. The van der Waals surface area contributed by atoms with Crippen LogP contribution >= 0.6 is 27.8 Å². The van der Waals surface area contributed by atoms with Gasteiger partial charge in [0.25, 0.3) is 0 Å². The fourth-order valence-corrected chi connectivity index (χ4v) is 13.9. The van der Waals surface area contributed by atoms with Crippen LogP contribution in [-0.4, -0.2) is 66.2 Å². The van der Waals surface area contributed by atoms with Crippen LogP contribution in [0.5, 0.6) is 0 Å². The van der Waals surface area contributed by atoms with Gasteiger partial charge in [-0.15, -0.1) is 5.09 Å². The molecule has 0 aliphatic carbocycles. The molecule has 0 unspecified atom stereocenters. The minimum Gasteiger partial charge on any atom is -0.550 e. The molecule has 0 bridgehead atoms. The van der Waals surface area contributed by atoms with Crippen LogP contribution in [0.25, 0.3) is 0 Å². The number of nitrogens with one attached hydrogen (secondary N) is 3. The van der Waals surface area contributed by atoms with E-state index in [9.17, 15) is 19.5 Å². The molecule has 1 aliphatic rings. The number of hydrogen-bond acceptors (Lipinski definition) is 10. The number of halogens is 1. The van der Waals surface area contributed by atoms with Crippen LogP contribution in [0.3, 0.4) is 0 Å². The highest BCUT2D eigenvalue weighted by molar-refractivity contribution is 7.89. The van der Waals surface area contributed by atoms with E-state index in [1.807, 2.05) is 0 Å². The molecule has 0 atom stereocenters. The molecule has 1 heterocycles. The zero-order chi connectivity index (χ0) is 36.9. The SMILES string of the molecule is CC(C)OC(=O)NN(C(=O)OC(C)C)[P+]1(NC(C)(C)C)N(C(C)(C)C)P(NC(C)(C)C)N1C(C)(C)C.O=C([O-])Cc1ccc(Cl)cc1. The molecule has 1 fully saturated rings. The summed E-state index contributed by atoms with van der Waals surface area (Å²) in [5.74, 6) is -1.08. The topological polar surface area (TPSA) is 139 Å². The lowest BCUT2D eigenvalue weighted by molar-refractivity contribution is -0.304. The highest BCUT2D eigenvalue weighted by atomic mass is 35.5. The Morgan fingerprint density at radius 2 is 1.28 bits per heavy atom. The van der Waals surface area contributed by atoms with Crippen LogP contribution in [0.2, 0.25) is 5.02 Å². The van der Waals surface area contributed by atoms with Gasteiger partial charge in [0.1, 0.15) is 0 Å². The normalized spacial score (nSPS) is 19.4. The van der Waals surface area contributed by atoms with E-state index in [0.717, 1.165) is 0 Å². The lowest BCUT2D eigenvalue weighted by atomic mass is 10.1. The molecule has 0 saturated carbocycles. The van der Waals surface area contributed by atoms with Crippen molar-refractivity contribution in [3.63, 3.8) is 0 Å². The Bertz CT molecular complexity index is 1180. The third kappa shape index (κ3) is 13.2. The third-order valence-electron chi connectivity index (χ3n) is 5.60. The van der Waals surface area contributed by atoms with Crippen molar-refractivity contribution in [3.05, 3.63) is 34.9 Å². The summed E-state index contributed by atoms with van der Waals surface area (Å²) in [6, 6.07) is 6.63. The van der Waals surface area contributed by atoms with Gasteiger partial charge in [-0.25, -0.2) is 9.59 Å². The fraction of sp³-hybridized carbons (Fsp3) is 0.719. The largest absolute Gasteiger partial charge is 0.550 e. The van der Waals surface area contributed by atoms with Gasteiger partial charge in [0.15, 0.2) is 8.37 Å². The second kappa shape index (κ2) is 16.3. The summed E-state index contributed by atoms with van der Waals surface area (Å²) < 4.78 is 17.2. The van der Waals surface area contributed by atoms with Crippen molar-refractivity contribution in [2.45, 2.75) is 152 Å². The number of hydrogen-bond donors (Lipinski definition) is 3. The number of carbonyl (C=O) groups excluding carboxylic acids is 3. The monoisotopic (exact) mass is 720 g/mol. The molecule has 12 nitrogen and oxygen atoms in total. The van der Waals surface area contributed by atoms with Gasteiger partial charge in [-0.2, -0.15) is 5.43 Å². The van der Waals surface area contributed by atoms with Crippen molar-refractivity contribution in [3.8, 4) is 0 Å². The first-order valence-corrected chi connectivity index (χ1v) is 19.1. The second-order valence-electron chi connectivity index (χ2n) is 16.0. The minimum absolute atomic E-state index is 0.0584. The van der Waals surface area contributed by atoms with Gasteiger partial charge >= 0.3 is 20.1 Å². The number of aliphatic carboxylic acids is 1. The molecule has 270 valence electrons. The van der Waals surface area contributed by atoms with Gasteiger partial charge in [0, 0.05) is 28.5 Å². The molecule has 0 spiro atoms. The van der Waals surface area contributed by atoms with Crippen molar-refractivity contribution in [1.82, 2.24) is 29.3 Å². The lowest BCUT2D eigenvalue weighted by Gasteiger charge is -2.65. The maximum absolute atomic E-state index is 13.8. The molecule has 15 heteroatoms. The van der Waals surface area contributed by atoms with E-state index in [1.165, 1.54) is 4.78 Å². The first kappa shape index (κ1) is 43.2. The van der Waals surface area contributed by atoms with Crippen molar-refractivity contribution in [2.24, 2.45) is 0 Å². The van der Waals surface area contributed by atoms with E-state index in [-0.39, 0.29) is 35.2 Å². The predicted octanol–water partition coefficient (Wildman–Crippen LogP) is 7.41. The van der Waals surface area contributed by atoms with Crippen molar-refractivity contribution in [1.29, 1.82) is 0 Å². The number of carbonyl (C=O) groups is 3. The molecular formula is C32H59ClN6O6P2. The van der Waals surface area contributed by atoms with E-state index in [4.69, 9.17) is 21.1 Å². The van der Waals surface area contributed by atoms with E-state index >= 15 is 0 Å². The number of carboxylic acids is 1. The first-order chi connectivity index (χ1) is 21.0. The molecule has 1 saturated heterocycles. The number of nitrogens with zero attached hydrogens (tertiary/aromatic N) is 3. The predicted molar refractivity (Wildman–Crippen MR) is 191 cm³/mol. The van der Waals surface area contributed by atoms with Gasteiger partial charge in [-0.05, 0) is 133 Å². The van der Waals surface area contributed by atoms with Gasteiger partial charge in [-0.3, -0.25) is 5.09 Å². The van der Waals surface area contributed by atoms with Crippen LogP contribution in [0, 0.1) is 0 Å². The maximum atomic E-state index is 13.8. The van der Waals surface area contributed by atoms with Crippen LogP contribution < -0.4 is 20.7 Å². The number of amides is 2. The number of ether oxygens (including phenoxy) is 2. The Balaban J connectivity index is 0.000000841. The molecule has 1 aromatic carbocycles. The molecule has 3 N–H and O–H groups in total. The van der Waals surface area contributed by atoms with Gasteiger partial charge in [0.2, 0.25) is 0 Å². The Labute approximate surface area is 290 Å². The fourth-order valence-electron chi connectivity index (χ4n) is 4.51. The number of carboxylic acid groups (broad SMARTS) is 1. The second-order valence-corrected chi connectivity index (χ2v) is 21.2. The minimum atomic E-state index is -2.99. The summed E-state index contributed by atoms with van der Waals surface area (Å²) in [4.78, 5) is 36.9. The molecule has 1 aromatic rings. The van der Waals surface area contributed by atoms with Crippen molar-refractivity contribution < 1.29 is 29.0 Å². The molecule has 0 radical (unpaired) electrons. The Morgan fingerprint density at radius 3 is 1.62 bits per heavy atom. The average Bonchev–Trinajstić information content (AvgIpc) is 2.78. The zero-order valence-corrected chi connectivity index (χ0v) is 33.8. The summed E-state index contributed by atoms with van der Waals surface area (Å²) in [7, 11) is -4.07. The van der Waals surface area contributed by atoms with Crippen LogP contribution in [0.1, 0.15) is 116 Å². The summed E-state index contributed by atoms with van der Waals surface area (Å²) in [5.41, 5.74) is 2.14. The van der Waals surface area contributed by atoms with Gasteiger partial charge in [-0.1, -0.05) is 32.6 Å². The Hall–Kier alpha value is -1.78. The summed E-state index contributed by atoms with van der Waals surface area (Å²) >= 11 is 5.59. The third-order valence-corrected chi connectivity index (χ3v) is 15.2. The number of rotatable bonds is 7. The Morgan fingerprint density at radius 1 is 0.830 bits per heavy atom. The van der Waals surface area contributed by atoms with E-state index in [1.54, 1.807) is 52.0 Å². The lowest BCUT2D eigenvalue weighted by Crippen LogP contribution is -2.72. The Kier molecular flexibility index (Phi) is 15.0. The standard InChI is InChI=1S/C24H52N6O4P2.C8H7ClO2/c1-17(2)33-19(31)25-28(20(32)34-18(3)4)36(27-22(8,9)10)29(23(11,12)13)35(26-21(5,6)7)30(36)24(14,15)16;9-7-3-1-6(2-4-7)5-8(10)11/h17-18,26-27H,1-16H3;1-4H,5H2,(H,10,11). The van der Waals surface area contributed by atoms with Crippen LogP contribution in [0.15, 0.2) is 24.3 Å². The van der Waals surface area contributed by atoms with E-state index in [2.05, 4.69) is 108 Å². The summed E-state index contributed by atoms with van der Waals surface area (Å²) in [6.07, 6.45) is -2.12. The molecule has 2 amide bonds. The molecular weight excluding hydrogens is 662 g/mol. The average molecular weight is 721 g/mol. The van der Waals surface area contributed by atoms with Gasteiger partial charge < -0.3 is 19.4 Å². The van der Waals surface area contributed by atoms with E-state index < -0.39 is 39.9 Å². The zero-order valence-electron chi connectivity index (χ0n) is 31.2. The molecule has 0 aromatic heterocycles. The van der Waals surface area contributed by atoms with E-state index in [0.29, 0.717) is 10.6 Å². The van der Waals surface area contributed by atoms with Crippen molar-refractivity contribution in [2.75, 3.05) is 0 Å². The highest BCUT2D eigenvalue weighted by Gasteiger charge is 2.81. The quantitative estimate of drug-likeness (QED) is 0.193. The first-order valence-electron chi connectivity index (χ1n) is 15.8. The van der Waals surface area contributed by atoms with Crippen LogP contribution in [-0.2, 0) is 20.7 Å². The molecule has 47 heavy (non-hydrogen) atoms. The maximum Gasteiger partial charge on any atom is 0.466 e. The summed E-state index contributed by atoms with van der Waals surface area (Å²) in [5, 5.41) is 18.3. The molecule has 1 aliphatic heterocycles.